The van der Waals surface area contributed by atoms with Crippen molar-refractivity contribution in [1.29, 1.82) is 0 Å². The third-order valence-corrected chi connectivity index (χ3v) is 24.6. The molecule has 0 spiro atoms. The summed E-state index contributed by atoms with van der Waals surface area (Å²) in [5, 5.41) is 12.5. The van der Waals surface area contributed by atoms with Crippen molar-refractivity contribution in [3.8, 4) is 67.8 Å². The Balaban J connectivity index is 0.000000108. The van der Waals surface area contributed by atoms with Crippen LogP contribution in [-0.2, 0) is 47.7 Å². The fraction of sp³-hybridized carbons (Fsp3) is 0.0857. The molecule has 0 radical (unpaired) electrons. The minimum atomic E-state index is -0.0322. The first-order valence-electron chi connectivity index (χ1n) is 40.6. The number of imidazole rings is 3. The number of hydrogen-bond donors (Lipinski definition) is 0. The van der Waals surface area contributed by atoms with Gasteiger partial charge in [0.25, 0.3) is 0 Å². The van der Waals surface area contributed by atoms with E-state index in [2.05, 4.69) is 491 Å². The molecule has 0 saturated heterocycles. The van der Waals surface area contributed by atoms with Gasteiger partial charge in [-0.05, 0) is 167 Å². The van der Waals surface area contributed by atoms with E-state index in [1.807, 2.05) is 7.05 Å². The Morgan fingerprint density at radius 2 is 0.571 bits per heavy atom. The van der Waals surface area contributed by atoms with Crippen LogP contribution in [0.5, 0.6) is 0 Å². The van der Waals surface area contributed by atoms with E-state index >= 15 is 0 Å². The standard InChI is InChI=1S/C40H31N5.C34H27N5.C31H28N4/c1-41-21-19-28(20-22-41)29-13-17-37-35(25-29)33-15-16-34-36-26-32(43-24-23-42(2)27-43)14-18-38(36)45(31-11-7-4-8-12-31)40(34)39(33)44(37)30-9-5-3-6-10-30;1-35-17-15-26(16-18-35)39-32-10-6-4-8-28(32)30-21-33-29(22-34(30)39)27-7-3-5-9-31(27)38(33)25-13-11-24(12-14-25)37-20-19-36(2)23-37;1-31(2)27-8-6-5-7-23(27)24-18-26-25-17-22(34-16-15-33(4)20-34)9-10-29(25)35(30(26)19-28(24)31)21-11-13-32(3)14-12-21/h3-27H,1-2H3;3-23H,1-2H3;5-20H,1-4H3/q3*+2. The second-order valence-corrected chi connectivity index (χ2v) is 32.5. The molecule has 570 valence electrons. The Bertz CT molecular complexity index is 7980. The number of nitrogens with zero attached hydrogens (tertiary/aromatic N) is 14. The number of aryl methyl sites for hydroxylation is 6. The molecule has 0 saturated carbocycles. The molecule has 0 fully saturated rings. The van der Waals surface area contributed by atoms with Crippen molar-refractivity contribution < 1.29 is 27.4 Å². The lowest BCUT2D eigenvalue weighted by Crippen LogP contribution is -2.26. The van der Waals surface area contributed by atoms with Gasteiger partial charge in [0, 0.05) is 113 Å². The molecule has 0 aliphatic heterocycles. The Morgan fingerprint density at radius 3 is 1.07 bits per heavy atom. The van der Waals surface area contributed by atoms with E-state index in [4.69, 9.17) is 0 Å². The largest absolute Gasteiger partial charge is 0.309 e. The van der Waals surface area contributed by atoms with Gasteiger partial charge in [-0.2, -0.15) is 0 Å². The Hall–Kier alpha value is -15.3. The highest BCUT2D eigenvalue weighted by Crippen LogP contribution is 2.52. The smallest absolute Gasteiger partial charge is 0.248 e. The number of fused-ring (bicyclic) bond motifs is 19. The first-order chi connectivity index (χ1) is 58.2. The molecular weight excluding hydrogens is 1460 g/mol. The lowest BCUT2D eigenvalue weighted by molar-refractivity contribution is -0.671. The lowest BCUT2D eigenvalue weighted by atomic mass is 9.82. The Labute approximate surface area is 687 Å². The van der Waals surface area contributed by atoms with Gasteiger partial charge in [-0.3, -0.25) is 0 Å². The van der Waals surface area contributed by atoms with Crippen LogP contribution in [0.4, 0.5) is 0 Å². The van der Waals surface area contributed by atoms with Crippen LogP contribution in [0.25, 0.3) is 177 Å². The van der Waals surface area contributed by atoms with Gasteiger partial charge in [0.1, 0.15) is 75.4 Å². The van der Waals surface area contributed by atoms with Gasteiger partial charge in [-0.25, -0.2) is 41.1 Å². The third-order valence-electron chi connectivity index (χ3n) is 24.6. The van der Waals surface area contributed by atoms with Gasteiger partial charge in [0.15, 0.2) is 37.2 Å². The molecule has 14 nitrogen and oxygen atoms in total. The van der Waals surface area contributed by atoms with Crippen LogP contribution >= 0.6 is 0 Å². The van der Waals surface area contributed by atoms with Gasteiger partial charge >= 0.3 is 0 Å². The zero-order valence-electron chi connectivity index (χ0n) is 67.6. The average molecular weight is 1540 g/mol. The monoisotopic (exact) mass is 1540 g/mol. The van der Waals surface area contributed by atoms with Crippen molar-refractivity contribution in [1.82, 2.24) is 36.5 Å². The van der Waals surface area contributed by atoms with E-state index in [1.54, 1.807) is 0 Å². The summed E-state index contributed by atoms with van der Waals surface area (Å²) >= 11 is 0. The predicted molar refractivity (Wildman–Crippen MR) is 479 cm³/mol. The topological polar surface area (TPSA) is 62.7 Å². The van der Waals surface area contributed by atoms with Gasteiger partial charge in [0.05, 0.1) is 87.7 Å². The fourth-order valence-electron chi connectivity index (χ4n) is 18.8. The average Bonchev–Trinajstić information content (AvgIpc) is 1.55. The molecule has 11 heterocycles. The second-order valence-electron chi connectivity index (χ2n) is 32.5. The molecule has 119 heavy (non-hydrogen) atoms. The first kappa shape index (κ1) is 70.4. The zero-order valence-corrected chi connectivity index (χ0v) is 67.6. The van der Waals surface area contributed by atoms with Gasteiger partial charge in [0.2, 0.25) is 19.0 Å². The molecule has 14 heteroatoms. The molecule has 0 bridgehead atoms. The highest BCUT2D eigenvalue weighted by atomic mass is 15.1. The maximum Gasteiger partial charge on any atom is 0.248 e. The lowest BCUT2D eigenvalue weighted by Gasteiger charge is -2.21. The minimum absolute atomic E-state index is 0.0322. The molecule has 12 aromatic carbocycles. The maximum absolute atomic E-state index is 2.45. The van der Waals surface area contributed by atoms with Crippen LogP contribution in [0.3, 0.4) is 0 Å². The third kappa shape index (κ3) is 11.5. The minimum Gasteiger partial charge on any atom is -0.309 e. The van der Waals surface area contributed by atoms with E-state index in [0.29, 0.717) is 0 Å². The molecule has 0 amide bonds. The highest BCUT2D eigenvalue weighted by molar-refractivity contribution is 6.25. The van der Waals surface area contributed by atoms with Crippen molar-refractivity contribution in [2.45, 2.75) is 19.3 Å². The zero-order chi connectivity index (χ0) is 80.1. The predicted octanol–water partition coefficient (Wildman–Crippen LogP) is 19.8. The summed E-state index contributed by atoms with van der Waals surface area (Å²) in [5.74, 6) is 0. The Kier molecular flexibility index (Phi) is 16.2. The summed E-state index contributed by atoms with van der Waals surface area (Å²) in [6.45, 7) is 4.70. The van der Waals surface area contributed by atoms with Crippen LogP contribution in [0.15, 0.2) is 378 Å². The first-order valence-corrected chi connectivity index (χ1v) is 40.6. The van der Waals surface area contributed by atoms with Gasteiger partial charge < -0.3 is 22.8 Å². The number of benzene rings is 12. The van der Waals surface area contributed by atoms with E-state index in [1.165, 1.54) is 148 Å². The summed E-state index contributed by atoms with van der Waals surface area (Å²) in [6.07, 6.45) is 31.4. The SMILES string of the molecule is C[n+]1ccc(-c2ccc3c(c2)c2ccc4c5cc(-n6cc[n+](C)c6)ccc5n(-c5ccccc5)c4c2n3-c2ccccc2)cc1.C[n+]1ccc(-n2c3ccc(-n4cc[n+](C)c4)cc3c3cc4c(cc32)C(C)(C)c2ccccc2-4)cc1.C[n+]1ccc(-n2c3ccccc3c3cc4c(cc32)c2ccccc2n4-c2ccc(-n3cc[n+](C)c3)cc2)cc1. The highest BCUT2D eigenvalue weighted by Gasteiger charge is 2.37. The van der Waals surface area contributed by atoms with Crippen LogP contribution in [-0.4, -0.2) is 36.5 Å². The molecular formula is C105H86N14+6. The van der Waals surface area contributed by atoms with Gasteiger partial charge in [-0.15, -0.1) is 0 Å². The van der Waals surface area contributed by atoms with E-state index in [0.717, 1.165) is 39.8 Å². The number of pyridine rings is 3. The maximum atomic E-state index is 2.45. The van der Waals surface area contributed by atoms with Crippen LogP contribution in [0.2, 0.25) is 0 Å². The van der Waals surface area contributed by atoms with E-state index in [9.17, 15) is 0 Å². The van der Waals surface area contributed by atoms with E-state index in [-0.39, 0.29) is 5.41 Å². The molecule has 24 rings (SSSR count). The van der Waals surface area contributed by atoms with Crippen molar-refractivity contribution in [3.63, 3.8) is 0 Å². The molecule has 0 unspecified atom stereocenters. The van der Waals surface area contributed by atoms with Crippen LogP contribution < -0.4 is 27.4 Å². The molecule has 1 aliphatic carbocycles. The van der Waals surface area contributed by atoms with E-state index < -0.39 is 0 Å². The quantitative estimate of drug-likeness (QED) is 0.129. The van der Waals surface area contributed by atoms with Crippen LogP contribution in [0.1, 0.15) is 25.0 Å². The number of para-hydroxylation sites is 4. The molecule has 11 aromatic heterocycles. The number of rotatable bonds is 9. The van der Waals surface area contributed by atoms with Crippen molar-refractivity contribution >= 4 is 109 Å². The Morgan fingerprint density at radius 1 is 0.210 bits per heavy atom. The van der Waals surface area contributed by atoms with Crippen molar-refractivity contribution in [2.75, 3.05) is 0 Å². The molecule has 0 atom stereocenters. The molecule has 0 N–H and O–H groups in total. The summed E-state index contributed by atoms with van der Waals surface area (Å²) in [5.41, 5.74) is 29.3. The summed E-state index contributed by atoms with van der Waals surface area (Å²) < 4.78 is 31.0. The normalized spacial score (nSPS) is 12.4. The van der Waals surface area contributed by atoms with Crippen molar-refractivity contribution in [3.05, 3.63) is 390 Å². The number of aromatic nitrogens is 14. The fourth-order valence-corrected chi connectivity index (χ4v) is 18.8. The second kappa shape index (κ2) is 27.5. The number of hydrogen-bond acceptors (Lipinski definition) is 0. The van der Waals surface area contributed by atoms with Crippen molar-refractivity contribution in [2.24, 2.45) is 42.3 Å². The summed E-state index contributed by atoms with van der Waals surface area (Å²) in [4.78, 5) is 0. The summed E-state index contributed by atoms with van der Waals surface area (Å²) in [7, 11) is 12.3. The molecule has 23 aromatic rings. The molecule has 1 aliphatic rings. The van der Waals surface area contributed by atoms with Gasteiger partial charge in [-0.1, -0.05) is 129 Å². The summed E-state index contributed by atoms with van der Waals surface area (Å²) in [6, 6.07) is 105. The van der Waals surface area contributed by atoms with Crippen LogP contribution in [0, 0.1) is 0 Å².